The zero-order valence-corrected chi connectivity index (χ0v) is 27.9. The van der Waals surface area contributed by atoms with E-state index in [1.807, 2.05) is 0 Å². The van der Waals surface area contributed by atoms with E-state index in [0.717, 1.165) is 25.7 Å². The molecule has 0 atom stereocenters. The van der Waals surface area contributed by atoms with Gasteiger partial charge in [-0.05, 0) is 102 Å². The molecule has 45 heavy (non-hydrogen) atoms. The summed E-state index contributed by atoms with van der Waals surface area (Å²) in [5, 5.41) is 8.50. The van der Waals surface area contributed by atoms with Gasteiger partial charge in [-0.1, -0.05) is 159 Å². The summed E-state index contributed by atoms with van der Waals surface area (Å²) in [6, 6.07) is 46.0. The fourth-order valence-electron chi connectivity index (χ4n) is 8.40. The third-order valence-electron chi connectivity index (χ3n) is 10.6. The van der Waals surface area contributed by atoms with Crippen molar-refractivity contribution in [2.45, 2.75) is 52.6 Å². The molecule has 0 aromatic heterocycles. The molecule has 220 valence electrons. The monoisotopic (exact) mass is 596 g/mol. The molecule has 0 bridgehead atoms. The summed E-state index contributed by atoms with van der Waals surface area (Å²) in [5.41, 5.74) is 14.9. The Morgan fingerprint density at radius 2 is 0.867 bits per heavy atom. The van der Waals surface area contributed by atoms with Crippen LogP contribution in [-0.2, 0) is 12.8 Å². The van der Waals surface area contributed by atoms with Crippen LogP contribution >= 0.6 is 0 Å². The predicted octanol–water partition coefficient (Wildman–Crippen LogP) is 10.4. The van der Waals surface area contributed by atoms with Crippen LogP contribution in [0.2, 0.25) is 13.1 Å². The second-order valence-corrected chi connectivity index (χ2v) is 17.7. The maximum atomic E-state index is 2.60. The molecule has 0 amide bonds. The molecule has 0 heterocycles. The number of hydrogen-bond donors (Lipinski definition) is 0. The minimum absolute atomic E-state index is 1.05. The minimum Gasteiger partial charge on any atom is -0.0620 e. The standard InChI is InChI=1S/C44H40Si/c1-5-29-27-33-19-13-25-39(43(33)41(29)37-23-11-17-31-15-7-9-21-35(31)37)45(3,4)40-26-14-20-34-28-30(6-2)42(44(34)40)38-24-12-18-32-16-8-10-22-36(32)38/h7-26H,5-6,27-28H2,1-4H3. The molecular weight excluding hydrogens is 557 g/mol. The number of fused-ring (bicyclic) bond motifs is 4. The molecule has 1 heteroatoms. The molecule has 0 unspecified atom stereocenters. The Kier molecular flexibility index (Phi) is 6.77. The van der Waals surface area contributed by atoms with E-state index in [4.69, 9.17) is 0 Å². The Morgan fingerprint density at radius 3 is 1.31 bits per heavy atom. The van der Waals surface area contributed by atoms with Crippen molar-refractivity contribution in [2.24, 2.45) is 0 Å². The highest BCUT2D eigenvalue weighted by Gasteiger charge is 2.38. The lowest BCUT2D eigenvalue weighted by molar-refractivity contribution is 1.03. The topological polar surface area (TPSA) is 0 Å². The Hall–Kier alpha value is -4.46. The van der Waals surface area contributed by atoms with Gasteiger partial charge in [-0.25, -0.2) is 0 Å². The van der Waals surface area contributed by atoms with E-state index in [0.29, 0.717) is 0 Å². The minimum atomic E-state index is -2.21. The van der Waals surface area contributed by atoms with Gasteiger partial charge >= 0.3 is 0 Å². The van der Waals surface area contributed by atoms with Crippen LogP contribution in [0, 0.1) is 0 Å². The van der Waals surface area contributed by atoms with E-state index in [1.165, 1.54) is 66.1 Å². The third kappa shape index (κ3) is 4.32. The lowest BCUT2D eigenvalue weighted by Gasteiger charge is -2.31. The second-order valence-electron chi connectivity index (χ2n) is 13.4. The molecule has 0 nitrogen and oxygen atoms in total. The quantitative estimate of drug-likeness (QED) is 0.168. The normalized spacial score (nSPS) is 14.5. The van der Waals surface area contributed by atoms with E-state index in [9.17, 15) is 0 Å². The van der Waals surface area contributed by atoms with Gasteiger partial charge in [0.15, 0.2) is 0 Å². The highest BCUT2D eigenvalue weighted by atomic mass is 28.3. The molecule has 0 saturated heterocycles. The van der Waals surface area contributed by atoms with Crippen molar-refractivity contribution in [1.82, 2.24) is 0 Å². The molecular formula is C44H40Si. The molecule has 0 radical (unpaired) electrons. The lowest BCUT2D eigenvalue weighted by atomic mass is 9.92. The zero-order valence-electron chi connectivity index (χ0n) is 26.9. The van der Waals surface area contributed by atoms with Gasteiger partial charge in [-0.15, -0.1) is 0 Å². The van der Waals surface area contributed by atoms with Gasteiger partial charge in [0.2, 0.25) is 0 Å². The van der Waals surface area contributed by atoms with Crippen LogP contribution in [0.4, 0.5) is 0 Å². The van der Waals surface area contributed by atoms with E-state index < -0.39 is 8.07 Å². The average Bonchev–Trinajstić information content (AvgIpc) is 3.66. The summed E-state index contributed by atoms with van der Waals surface area (Å²) in [6.45, 7) is 9.89. The maximum Gasteiger partial charge on any atom is 0.113 e. The summed E-state index contributed by atoms with van der Waals surface area (Å²) in [7, 11) is -2.21. The van der Waals surface area contributed by atoms with Gasteiger partial charge in [0.05, 0.1) is 0 Å². The molecule has 8 rings (SSSR count). The first kappa shape index (κ1) is 28.0. The molecule has 2 aliphatic rings. The van der Waals surface area contributed by atoms with Gasteiger partial charge in [-0.3, -0.25) is 0 Å². The van der Waals surface area contributed by atoms with Crippen molar-refractivity contribution < 1.29 is 0 Å². The second kappa shape index (κ2) is 10.9. The SMILES string of the molecule is CCC1=C(c2cccc3ccccc23)c2c(cccc2[Si](C)(C)c2cccc3c2C(c2cccc4ccccc24)=C(CC)C3)C1. The van der Waals surface area contributed by atoms with Crippen molar-refractivity contribution >= 4 is 51.1 Å². The number of hydrogen-bond acceptors (Lipinski definition) is 0. The van der Waals surface area contributed by atoms with Crippen LogP contribution in [0.3, 0.4) is 0 Å². The maximum absolute atomic E-state index is 2.60. The van der Waals surface area contributed by atoms with Crippen molar-refractivity contribution in [2.75, 3.05) is 0 Å². The van der Waals surface area contributed by atoms with Crippen molar-refractivity contribution in [3.8, 4) is 0 Å². The first-order chi connectivity index (χ1) is 22.0. The van der Waals surface area contributed by atoms with Crippen LogP contribution in [0.1, 0.15) is 60.1 Å². The van der Waals surface area contributed by atoms with E-state index >= 15 is 0 Å². The predicted molar refractivity (Wildman–Crippen MR) is 198 cm³/mol. The third-order valence-corrected chi connectivity index (χ3v) is 14.2. The largest absolute Gasteiger partial charge is 0.113 e. The van der Waals surface area contributed by atoms with Crippen molar-refractivity contribution in [1.29, 1.82) is 0 Å². The molecule has 0 fully saturated rings. The first-order valence-corrected chi connectivity index (χ1v) is 19.7. The first-order valence-electron chi connectivity index (χ1n) is 16.7. The van der Waals surface area contributed by atoms with Gasteiger partial charge in [0, 0.05) is 0 Å². The highest BCUT2D eigenvalue weighted by Crippen LogP contribution is 2.44. The number of benzene rings is 6. The lowest BCUT2D eigenvalue weighted by Crippen LogP contribution is -2.55. The summed E-state index contributed by atoms with van der Waals surface area (Å²) >= 11 is 0. The van der Waals surface area contributed by atoms with Gasteiger partial charge in [0.25, 0.3) is 0 Å². The Morgan fingerprint density at radius 1 is 0.467 bits per heavy atom. The van der Waals surface area contributed by atoms with Crippen LogP contribution in [0.5, 0.6) is 0 Å². The molecule has 0 saturated carbocycles. The van der Waals surface area contributed by atoms with E-state index in [2.05, 4.69) is 148 Å². The fraction of sp³-hybridized carbons (Fsp3) is 0.182. The van der Waals surface area contributed by atoms with Crippen LogP contribution in [-0.4, -0.2) is 8.07 Å². The molecule has 0 aliphatic heterocycles. The molecule has 0 spiro atoms. The Labute approximate surface area is 268 Å². The van der Waals surface area contributed by atoms with Crippen LogP contribution in [0.15, 0.2) is 132 Å². The molecule has 2 aliphatic carbocycles. The van der Waals surface area contributed by atoms with Crippen LogP contribution < -0.4 is 10.4 Å². The molecule has 6 aromatic carbocycles. The smallest absolute Gasteiger partial charge is 0.0620 e. The molecule has 6 aromatic rings. The van der Waals surface area contributed by atoms with Gasteiger partial charge in [-0.2, -0.15) is 0 Å². The average molecular weight is 597 g/mol. The van der Waals surface area contributed by atoms with Gasteiger partial charge in [0.1, 0.15) is 8.07 Å². The zero-order chi connectivity index (χ0) is 30.7. The van der Waals surface area contributed by atoms with Crippen LogP contribution in [0.25, 0.3) is 32.7 Å². The Balaban J connectivity index is 1.36. The summed E-state index contributed by atoms with van der Waals surface area (Å²) in [5.74, 6) is 0. The highest BCUT2D eigenvalue weighted by molar-refractivity contribution is 7.01. The van der Waals surface area contributed by atoms with E-state index in [1.54, 1.807) is 21.5 Å². The van der Waals surface area contributed by atoms with E-state index in [-0.39, 0.29) is 0 Å². The summed E-state index contributed by atoms with van der Waals surface area (Å²) in [6.07, 6.45) is 4.25. The van der Waals surface area contributed by atoms with Crippen molar-refractivity contribution in [3.63, 3.8) is 0 Å². The Bertz CT molecular complexity index is 2040. The summed E-state index contributed by atoms with van der Waals surface area (Å²) in [4.78, 5) is 0. The number of rotatable bonds is 6. The van der Waals surface area contributed by atoms with Crippen molar-refractivity contribution in [3.05, 3.63) is 166 Å². The molecule has 0 N–H and O–H groups in total. The summed E-state index contributed by atoms with van der Waals surface area (Å²) < 4.78 is 0. The fourth-order valence-corrected chi connectivity index (χ4v) is 11.5. The van der Waals surface area contributed by atoms with Gasteiger partial charge < -0.3 is 0 Å². The number of allylic oxidation sites excluding steroid dienone is 2.